The first-order chi connectivity index (χ1) is 16.0. The van der Waals surface area contributed by atoms with Gasteiger partial charge in [0, 0.05) is 28.5 Å². The van der Waals surface area contributed by atoms with Gasteiger partial charge < -0.3 is 10.1 Å². The standard InChI is InChI=1S/C27H22N4O2/c1-17-23(15-29)26(25(18(2)31-17)27(32)33-13-7-12-28)21-10-6-11-24-22(21)14-20(16-30-24)19-8-4-3-5-9-19/h3-6,8-11,14,16,26,31H,7,13H2,1-2H3/t26-/m1/s1. The number of rotatable bonds is 5. The molecule has 4 rings (SSSR count). The molecule has 0 radical (unpaired) electrons. The number of dihydropyridines is 1. The highest BCUT2D eigenvalue weighted by Gasteiger charge is 2.35. The number of esters is 1. The predicted octanol–water partition coefficient (Wildman–Crippen LogP) is 5.12. The summed E-state index contributed by atoms with van der Waals surface area (Å²) in [6, 6.07) is 22.0. The van der Waals surface area contributed by atoms with Crippen LogP contribution < -0.4 is 5.32 Å². The van der Waals surface area contributed by atoms with Gasteiger partial charge in [-0.15, -0.1) is 0 Å². The Bertz CT molecular complexity index is 1370. The average Bonchev–Trinajstić information content (AvgIpc) is 2.83. The van der Waals surface area contributed by atoms with Gasteiger partial charge in [-0.1, -0.05) is 42.5 Å². The zero-order valence-electron chi connectivity index (χ0n) is 18.4. The molecule has 2 aromatic carbocycles. The van der Waals surface area contributed by atoms with Crippen LogP contribution in [0, 0.1) is 22.7 Å². The van der Waals surface area contributed by atoms with Crippen molar-refractivity contribution < 1.29 is 9.53 Å². The van der Waals surface area contributed by atoms with E-state index in [2.05, 4.69) is 16.4 Å². The molecule has 0 saturated carbocycles. The van der Waals surface area contributed by atoms with E-state index in [-0.39, 0.29) is 13.0 Å². The maximum Gasteiger partial charge on any atom is 0.336 e. The highest BCUT2D eigenvalue weighted by atomic mass is 16.5. The van der Waals surface area contributed by atoms with Crippen molar-refractivity contribution in [2.45, 2.75) is 26.2 Å². The molecule has 162 valence electrons. The fourth-order valence-corrected chi connectivity index (χ4v) is 4.20. The lowest BCUT2D eigenvalue weighted by atomic mass is 9.79. The van der Waals surface area contributed by atoms with Gasteiger partial charge in [-0.05, 0) is 37.1 Å². The summed E-state index contributed by atoms with van der Waals surface area (Å²) in [7, 11) is 0. The van der Waals surface area contributed by atoms with Crippen LogP contribution in [0.5, 0.6) is 0 Å². The molecule has 0 saturated heterocycles. The molecule has 0 aliphatic carbocycles. The number of allylic oxidation sites excluding steroid dienone is 3. The van der Waals surface area contributed by atoms with Crippen LogP contribution in [0.15, 0.2) is 83.3 Å². The molecule has 2 heterocycles. The smallest absolute Gasteiger partial charge is 0.336 e. The van der Waals surface area contributed by atoms with Crippen molar-refractivity contribution >= 4 is 16.9 Å². The van der Waals surface area contributed by atoms with Crippen LogP contribution in [0.4, 0.5) is 0 Å². The van der Waals surface area contributed by atoms with Crippen LogP contribution in [0.3, 0.4) is 0 Å². The summed E-state index contributed by atoms with van der Waals surface area (Å²) in [6.45, 7) is 3.62. The molecule has 6 heteroatoms. The highest BCUT2D eigenvalue weighted by molar-refractivity contribution is 5.96. The number of pyridine rings is 1. The molecule has 1 atom stereocenters. The Labute approximate surface area is 192 Å². The van der Waals surface area contributed by atoms with E-state index in [4.69, 9.17) is 10.00 Å². The summed E-state index contributed by atoms with van der Waals surface area (Å²) in [4.78, 5) is 17.7. The Morgan fingerprint density at radius 1 is 1.06 bits per heavy atom. The lowest BCUT2D eigenvalue weighted by Gasteiger charge is -2.29. The topological polar surface area (TPSA) is 98.8 Å². The monoisotopic (exact) mass is 434 g/mol. The van der Waals surface area contributed by atoms with Crippen molar-refractivity contribution in [2.24, 2.45) is 0 Å². The maximum absolute atomic E-state index is 13.1. The van der Waals surface area contributed by atoms with Crippen LogP contribution in [0.2, 0.25) is 0 Å². The summed E-state index contributed by atoms with van der Waals surface area (Å²) in [5.74, 6) is -1.15. The lowest BCUT2D eigenvalue weighted by Crippen LogP contribution is -2.29. The van der Waals surface area contributed by atoms with Gasteiger partial charge in [0.2, 0.25) is 0 Å². The van der Waals surface area contributed by atoms with Gasteiger partial charge in [0.1, 0.15) is 6.61 Å². The van der Waals surface area contributed by atoms with E-state index in [1.54, 1.807) is 6.92 Å². The largest absolute Gasteiger partial charge is 0.461 e. The first-order valence-corrected chi connectivity index (χ1v) is 10.6. The number of aromatic nitrogens is 1. The Morgan fingerprint density at radius 2 is 1.85 bits per heavy atom. The number of hydrogen-bond acceptors (Lipinski definition) is 6. The number of carbonyl (C=O) groups is 1. The Balaban J connectivity index is 1.90. The van der Waals surface area contributed by atoms with Gasteiger partial charge in [0.15, 0.2) is 0 Å². The van der Waals surface area contributed by atoms with Gasteiger partial charge in [0.25, 0.3) is 0 Å². The average molecular weight is 434 g/mol. The summed E-state index contributed by atoms with van der Waals surface area (Å²) in [5.41, 5.74) is 5.69. The molecule has 0 spiro atoms. The third-order valence-electron chi connectivity index (χ3n) is 5.73. The predicted molar refractivity (Wildman–Crippen MR) is 125 cm³/mol. The van der Waals surface area contributed by atoms with E-state index >= 15 is 0 Å². The number of nitrogens with one attached hydrogen (secondary N) is 1. The number of nitrogens with zero attached hydrogens (tertiary/aromatic N) is 3. The third kappa shape index (κ3) is 4.20. The van der Waals surface area contributed by atoms with Gasteiger partial charge in [0.05, 0.1) is 41.1 Å². The second kappa shape index (κ2) is 9.38. The van der Waals surface area contributed by atoms with Crippen LogP contribution in [-0.4, -0.2) is 17.6 Å². The van der Waals surface area contributed by atoms with Crippen LogP contribution in [0.1, 0.15) is 31.7 Å². The molecule has 0 bridgehead atoms. The summed E-state index contributed by atoms with van der Waals surface area (Å²) < 4.78 is 5.37. The molecule has 6 nitrogen and oxygen atoms in total. The van der Waals surface area contributed by atoms with E-state index in [0.29, 0.717) is 22.5 Å². The van der Waals surface area contributed by atoms with Gasteiger partial charge >= 0.3 is 5.97 Å². The van der Waals surface area contributed by atoms with Crippen LogP contribution in [0.25, 0.3) is 22.0 Å². The molecular weight excluding hydrogens is 412 g/mol. The SMILES string of the molecule is CC1=C(C#N)[C@@H](c2cccc3ncc(-c4ccccc4)cc23)C(C(=O)OCCC#N)=C(C)N1. The van der Waals surface area contributed by atoms with Gasteiger partial charge in [-0.2, -0.15) is 10.5 Å². The normalized spacial score (nSPS) is 15.6. The number of fused-ring (bicyclic) bond motifs is 1. The summed E-state index contributed by atoms with van der Waals surface area (Å²) >= 11 is 0. The minimum absolute atomic E-state index is 0.00132. The summed E-state index contributed by atoms with van der Waals surface area (Å²) in [5, 5.41) is 22.8. The van der Waals surface area contributed by atoms with E-state index in [0.717, 1.165) is 27.6 Å². The second-order valence-corrected chi connectivity index (χ2v) is 7.80. The first-order valence-electron chi connectivity index (χ1n) is 10.6. The molecule has 0 amide bonds. The summed E-state index contributed by atoms with van der Waals surface area (Å²) in [6.07, 6.45) is 1.93. The fraction of sp³-hybridized carbons (Fsp3) is 0.185. The number of benzene rings is 2. The van der Waals surface area contributed by atoms with Crippen LogP contribution in [-0.2, 0) is 9.53 Å². The molecule has 1 aromatic heterocycles. The van der Waals surface area contributed by atoms with E-state index in [1.165, 1.54) is 0 Å². The molecule has 0 fully saturated rings. The number of hydrogen-bond donors (Lipinski definition) is 1. The lowest BCUT2D eigenvalue weighted by molar-refractivity contribution is -0.139. The van der Waals surface area contributed by atoms with Crippen molar-refractivity contribution in [3.05, 3.63) is 88.9 Å². The Kier molecular flexibility index (Phi) is 6.20. The minimum atomic E-state index is -0.609. The molecule has 1 aliphatic heterocycles. The number of nitriles is 2. The van der Waals surface area contributed by atoms with E-state index in [1.807, 2.05) is 73.8 Å². The molecule has 1 aliphatic rings. The van der Waals surface area contributed by atoms with E-state index in [9.17, 15) is 10.1 Å². The molecule has 33 heavy (non-hydrogen) atoms. The number of ether oxygens (including phenoxy) is 1. The molecular formula is C27H22N4O2. The van der Waals surface area contributed by atoms with Crippen molar-refractivity contribution in [1.29, 1.82) is 10.5 Å². The molecule has 0 unspecified atom stereocenters. The first kappa shape index (κ1) is 21.8. The number of carbonyl (C=O) groups excluding carboxylic acids is 1. The van der Waals surface area contributed by atoms with Crippen molar-refractivity contribution in [2.75, 3.05) is 6.61 Å². The van der Waals surface area contributed by atoms with Crippen molar-refractivity contribution in [3.8, 4) is 23.3 Å². The second-order valence-electron chi connectivity index (χ2n) is 7.80. The highest BCUT2D eigenvalue weighted by Crippen LogP contribution is 2.41. The van der Waals surface area contributed by atoms with Gasteiger partial charge in [-0.3, -0.25) is 4.98 Å². The quantitative estimate of drug-likeness (QED) is 0.442. The Morgan fingerprint density at radius 3 is 2.58 bits per heavy atom. The van der Waals surface area contributed by atoms with Crippen molar-refractivity contribution in [1.82, 2.24) is 10.3 Å². The molecule has 3 aromatic rings. The van der Waals surface area contributed by atoms with E-state index < -0.39 is 11.9 Å². The minimum Gasteiger partial charge on any atom is -0.461 e. The van der Waals surface area contributed by atoms with Gasteiger partial charge in [-0.25, -0.2) is 4.79 Å². The Hall–Kier alpha value is -4.42. The fourth-order valence-electron chi connectivity index (χ4n) is 4.20. The van der Waals surface area contributed by atoms with Crippen LogP contribution >= 0.6 is 0 Å². The zero-order valence-corrected chi connectivity index (χ0v) is 18.4. The molecule has 1 N–H and O–H groups in total. The van der Waals surface area contributed by atoms with Crippen molar-refractivity contribution in [3.63, 3.8) is 0 Å². The maximum atomic E-state index is 13.1. The zero-order chi connectivity index (χ0) is 23.4. The third-order valence-corrected chi connectivity index (χ3v) is 5.73.